The Morgan fingerprint density at radius 3 is 2.70 bits per heavy atom. The number of fused-ring (bicyclic) bond motifs is 1. The third kappa shape index (κ3) is 2.94. The fourth-order valence-electron chi connectivity index (χ4n) is 2.99. The van der Waals surface area contributed by atoms with Gasteiger partial charge < -0.3 is 19.7 Å². The lowest BCUT2D eigenvalue weighted by Gasteiger charge is -2.46. The lowest BCUT2D eigenvalue weighted by atomic mass is 9.94. The number of thioether (sulfide) groups is 1. The van der Waals surface area contributed by atoms with E-state index in [1.807, 2.05) is 51.1 Å². The van der Waals surface area contributed by atoms with Crippen molar-refractivity contribution in [2.75, 3.05) is 6.61 Å². The van der Waals surface area contributed by atoms with Crippen LogP contribution in [0.25, 0.3) is 0 Å². The van der Waals surface area contributed by atoms with Crippen LogP contribution in [-0.2, 0) is 15.1 Å². The summed E-state index contributed by atoms with van der Waals surface area (Å²) in [7, 11) is 0. The SMILES string of the molecule is CCC1=NC2(OC(C)(C)c3ccccc3)C(OCC(O)C2O)S1. The van der Waals surface area contributed by atoms with Gasteiger partial charge in [-0.1, -0.05) is 49.0 Å². The number of nitrogens with zero attached hydrogens (tertiary/aromatic N) is 1. The smallest absolute Gasteiger partial charge is 0.225 e. The van der Waals surface area contributed by atoms with Gasteiger partial charge in [-0.2, -0.15) is 0 Å². The van der Waals surface area contributed by atoms with Crippen LogP contribution in [0.2, 0.25) is 0 Å². The second-order valence-electron chi connectivity index (χ2n) is 6.38. The number of aliphatic imine (C=N–C) groups is 1. The lowest BCUT2D eigenvalue weighted by molar-refractivity contribution is -0.268. The topological polar surface area (TPSA) is 71.3 Å². The Balaban J connectivity index is 1.97. The van der Waals surface area contributed by atoms with Crippen molar-refractivity contribution in [2.45, 2.75) is 56.2 Å². The molecule has 0 aromatic heterocycles. The third-order valence-corrected chi connectivity index (χ3v) is 5.62. The predicted octanol–water partition coefficient (Wildman–Crippen LogP) is 2.27. The van der Waals surface area contributed by atoms with Gasteiger partial charge in [-0.15, -0.1) is 0 Å². The van der Waals surface area contributed by atoms with Crippen LogP contribution in [0.1, 0.15) is 32.8 Å². The Hall–Kier alpha value is -0.920. The minimum atomic E-state index is -1.28. The van der Waals surface area contributed by atoms with Crippen LogP contribution in [0.4, 0.5) is 0 Å². The molecule has 4 atom stereocenters. The van der Waals surface area contributed by atoms with Gasteiger partial charge in [0.1, 0.15) is 12.2 Å². The van der Waals surface area contributed by atoms with Gasteiger partial charge in [-0.25, -0.2) is 4.99 Å². The Morgan fingerprint density at radius 2 is 2.04 bits per heavy atom. The zero-order valence-corrected chi connectivity index (χ0v) is 14.4. The highest BCUT2D eigenvalue weighted by molar-refractivity contribution is 8.14. The van der Waals surface area contributed by atoms with E-state index >= 15 is 0 Å². The van der Waals surface area contributed by atoms with E-state index < -0.39 is 29.0 Å². The molecule has 2 aliphatic rings. The van der Waals surface area contributed by atoms with E-state index in [2.05, 4.69) is 4.99 Å². The third-order valence-electron chi connectivity index (χ3n) is 4.28. The Labute approximate surface area is 140 Å². The van der Waals surface area contributed by atoms with Crippen LogP contribution in [0.5, 0.6) is 0 Å². The van der Waals surface area contributed by atoms with Gasteiger partial charge in [0.15, 0.2) is 5.44 Å². The highest BCUT2D eigenvalue weighted by Crippen LogP contribution is 2.47. The lowest BCUT2D eigenvalue weighted by Crippen LogP contribution is -2.62. The van der Waals surface area contributed by atoms with Crippen LogP contribution < -0.4 is 0 Å². The first kappa shape index (κ1) is 16.9. The van der Waals surface area contributed by atoms with Crippen LogP contribution in [0.3, 0.4) is 0 Å². The molecule has 23 heavy (non-hydrogen) atoms. The Kier molecular flexibility index (Phi) is 4.55. The van der Waals surface area contributed by atoms with E-state index in [4.69, 9.17) is 9.47 Å². The van der Waals surface area contributed by atoms with Crippen molar-refractivity contribution in [1.82, 2.24) is 0 Å². The van der Waals surface area contributed by atoms with Gasteiger partial charge in [0.05, 0.1) is 17.3 Å². The predicted molar refractivity (Wildman–Crippen MR) is 90.4 cm³/mol. The van der Waals surface area contributed by atoms with Crippen molar-refractivity contribution in [2.24, 2.45) is 4.99 Å². The molecule has 2 N–H and O–H groups in total. The molecule has 2 aliphatic heterocycles. The average Bonchev–Trinajstić information content (AvgIpc) is 2.91. The van der Waals surface area contributed by atoms with Gasteiger partial charge >= 0.3 is 0 Å². The van der Waals surface area contributed by atoms with E-state index in [1.54, 1.807) is 0 Å². The zero-order valence-electron chi connectivity index (χ0n) is 13.6. The van der Waals surface area contributed by atoms with Crippen molar-refractivity contribution in [1.29, 1.82) is 0 Å². The molecular formula is C17H23NO4S. The van der Waals surface area contributed by atoms with Gasteiger partial charge in [0, 0.05) is 0 Å². The second-order valence-corrected chi connectivity index (χ2v) is 7.52. The maximum atomic E-state index is 10.6. The van der Waals surface area contributed by atoms with E-state index in [-0.39, 0.29) is 6.61 Å². The fraction of sp³-hybridized carbons (Fsp3) is 0.588. The summed E-state index contributed by atoms with van der Waals surface area (Å²) in [5.41, 5.74) is -1.44. The van der Waals surface area contributed by atoms with Gasteiger partial charge in [0.2, 0.25) is 5.72 Å². The number of ether oxygens (including phenoxy) is 2. The standard InChI is InChI=1S/C17H23NO4S/c1-4-13-18-17(14(20)12(19)10-21-15(17)23-13)22-16(2,3)11-8-6-5-7-9-11/h5-9,12,14-15,19-20H,4,10H2,1-3H3. The number of rotatable bonds is 4. The zero-order chi connectivity index (χ0) is 16.7. The maximum Gasteiger partial charge on any atom is 0.225 e. The van der Waals surface area contributed by atoms with Crippen molar-refractivity contribution >= 4 is 16.8 Å². The Bertz CT molecular complexity index is 592. The van der Waals surface area contributed by atoms with Crippen molar-refractivity contribution in [3.63, 3.8) is 0 Å². The summed E-state index contributed by atoms with van der Waals surface area (Å²) in [6.45, 7) is 5.96. The second kappa shape index (κ2) is 6.18. The summed E-state index contributed by atoms with van der Waals surface area (Å²) in [6.07, 6.45) is -1.40. The summed E-state index contributed by atoms with van der Waals surface area (Å²) in [5.74, 6) is 0. The molecule has 126 valence electrons. The summed E-state index contributed by atoms with van der Waals surface area (Å²) in [4.78, 5) is 4.62. The van der Waals surface area contributed by atoms with E-state index in [0.717, 1.165) is 17.0 Å². The van der Waals surface area contributed by atoms with Crippen molar-refractivity contribution in [3.8, 4) is 0 Å². The maximum absolute atomic E-state index is 10.6. The summed E-state index contributed by atoms with van der Waals surface area (Å²) < 4.78 is 12.1. The molecule has 1 fully saturated rings. The molecule has 1 saturated heterocycles. The van der Waals surface area contributed by atoms with E-state index in [9.17, 15) is 10.2 Å². The van der Waals surface area contributed by atoms with Crippen LogP contribution in [0.15, 0.2) is 35.3 Å². The monoisotopic (exact) mass is 337 g/mol. The van der Waals surface area contributed by atoms with E-state index in [1.165, 1.54) is 11.8 Å². The molecule has 0 bridgehead atoms. The molecule has 0 amide bonds. The van der Waals surface area contributed by atoms with E-state index in [0.29, 0.717) is 0 Å². The molecule has 0 radical (unpaired) electrons. The number of hydrogen-bond donors (Lipinski definition) is 2. The van der Waals surface area contributed by atoms with Crippen molar-refractivity contribution in [3.05, 3.63) is 35.9 Å². The minimum absolute atomic E-state index is 0.0855. The Morgan fingerprint density at radius 1 is 1.35 bits per heavy atom. The molecule has 2 heterocycles. The quantitative estimate of drug-likeness (QED) is 0.882. The molecule has 4 unspecified atom stereocenters. The molecule has 1 aromatic carbocycles. The largest absolute Gasteiger partial charge is 0.388 e. The molecule has 1 aromatic rings. The molecular weight excluding hydrogens is 314 g/mol. The number of aliphatic hydroxyl groups is 2. The van der Waals surface area contributed by atoms with Gasteiger partial charge in [0.25, 0.3) is 0 Å². The molecule has 0 saturated carbocycles. The molecule has 3 rings (SSSR count). The highest BCUT2D eigenvalue weighted by atomic mass is 32.2. The van der Waals surface area contributed by atoms with Gasteiger partial charge in [-0.05, 0) is 25.8 Å². The van der Waals surface area contributed by atoms with Crippen LogP contribution >= 0.6 is 11.8 Å². The number of hydrogen-bond acceptors (Lipinski definition) is 6. The van der Waals surface area contributed by atoms with Crippen LogP contribution in [-0.4, -0.2) is 45.2 Å². The number of benzene rings is 1. The minimum Gasteiger partial charge on any atom is -0.388 e. The first-order valence-corrected chi connectivity index (χ1v) is 8.76. The molecule has 0 aliphatic carbocycles. The first-order chi connectivity index (χ1) is 10.9. The molecule has 6 heteroatoms. The van der Waals surface area contributed by atoms with Crippen molar-refractivity contribution < 1.29 is 19.7 Å². The normalized spacial score (nSPS) is 34.1. The van der Waals surface area contributed by atoms with Gasteiger partial charge in [-0.3, -0.25) is 0 Å². The summed E-state index contributed by atoms with van der Waals surface area (Å²) in [6, 6.07) is 9.79. The average molecular weight is 337 g/mol. The summed E-state index contributed by atoms with van der Waals surface area (Å²) in [5, 5.41) is 21.6. The fourth-order valence-corrected chi connectivity index (χ4v) is 4.16. The molecule has 5 nitrogen and oxygen atoms in total. The number of aliphatic hydroxyl groups excluding tert-OH is 2. The first-order valence-electron chi connectivity index (χ1n) is 7.88. The molecule has 0 spiro atoms. The van der Waals surface area contributed by atoms with Crippen LogP contribution in [0, 0.1) is 0 Å². The summed E-state index contributed by atoms with van der Waals surface area (Å²) >= 11 is 1.47. The highest BCUT2D eigenvalue weighted by Gasteiger charge is 2.59.